The van der Waals surface area contributed by atoms with Crippen LogP contribution < -0.4 is 5.32 Å². The molecule has 1 saturated heterocycles. The van der Waals surface area contributed by atoms with Crippen molar-refractivity contribution < 1.29 is 14.3 Å². The van der Waals surface area contributed by atoms with Crippen molar-refractivity contribution in [1.82, 2.24) is 5.32 Å². The Hall–Kier alpha value is -1.65. The maximum absolute atomic E-state index is 12.1. The summed E-state index contributed by atoms with van der Waals surface area (Å²) >= 11 is 0. The Bertz CT molecular complexity index is 508. The average Bonchev–Trinajstić information content (AvgIpc) is 3.03. The van der Waals surface area contributed by atoms with Gasteiger partial charge >= 0.3 is 5.97 Å². The third-order valence-corrected chi connectivity index (χ3v) is 4.28. The molecular formula is C18H23NO3. The van der Waals surface area contributed by atoms with Crippen LogP contribution in [0.5, 0.6) is 0 Å². The van der Waals surface area contributed by atoms with E-state index in [9.17, 15) is 4.79 Å². The number of carbonyl (C=O) groups is 1. The Kier molecular flexibility index (Phi) is 5.24. The monoisotopic (exact) mass is 301 g/mol. The summed E-state index contributed by atoms with van der Waals surface area (Å²) in [6.07, 6.45) is 6.97. The Morgan fingerprint density at radius 2 is 1.95 bits per heavy atom. The van der Waals surface area contributed by atoms with Gasteiger partial charge in [0.25, 0.3) is 0 Å². The molecule has 22 heavy (non-hydrogen) atoms. The summed E-state index contributed by atoms with van der Waals surface area (Å²) in [4.78, 5) is 12.1. The fraction of sp³-hybridized carbons (Fsp3) is 0.500. The molecule has 1 N–H and O–H groups in total. The van der Waals surface area contributed by atoms with E-state index in [0.717, 1.165) is 38.0 Å². The first-order valence-corrected chi connectivity index (χ1v) is 8.04. The van der Waals surface area contributed by atoms with Crippen molar-refractivity contribution in [2.45, 2.75) is 38.0 Å². The summed E-state index contributed by atoms with van der Waals surface area (Å²) in [7, 11) is 0. The van der Waals surface area contributed by atoms with Gasteiger partial charge in [-0.3, -0.25) is 4.79 Å². The molecule has 1 aliphatic carbocycles. The van der Waals surface area contributed by atoms with E-state index in [1.165, 1.54) is 0 Å². The highest BCUT2D eigenvalue weighted by Gasteiger charge is 2.27. The smallest absolute Gasteiger partial charge is 0.313 e. The number of hydrogen-bond donors (Lipinski definition) is 1. The molecule has 118 valence electrons. The average molecular weight is 301 g/mol. The summed E-state index contributed by atoms with van der Waals surface area (Å²) in [5.41, 5.74) is 1.02. The van der Waals surface area contributed by atoms with E-state index in [1.807, 2.05) is 36.4 Å². The Morgan fingerprint density at radius 1 is 1.18 bits per heavy atom. The molecule has 3 rings (SSSR count). The number of esters is 1. The van der Waals surface area contributed by atoms with Gasteiger partial charge in [-0.2, -0.15) is 0 Å². The van der Waals surface area contributed by atoms with E-state index in [4.69, 9.17) is 9.47 Å². The molecule has 1 aromatic rings. The first-order valence-electron chi connectivity index (χ1n) is 8.04. The van der Waals surface area contributed by atoms with Gasteiger partial charge in [0.15, 0.2) is 0 Å². The zero-order chi connectivity index (χ0) is 15.2. The van der Waals surface area contributed by atoms with Gasteiger partial charge in [-0.1, -0.05) is 42.5 Å². The minimum absolute atomic E-state index is 0.124. The van der Waals surface area contributed by atoms with Crippen LogP contribution in [0.2, 0.25) is 0 Å². The van der Waals surface area contributed by atoms with Crippen molar-refractivity contribution in [3.05, 3.63) is 48.0 Å². The number of hydrogen-bond acceptors (Lipinski definition) is 4. The van der Waals surface area contributed by atoms with Gasteiger partial charge in [0.05, 0.1) is 5.92 Å². The second kappa shape index (κ2) is 7.56. The van der Waals surface area contributed by atoms with Crippen molar-refractivity contribution in [3.63, 3.8) is 0 Å². The minimum Gasteiger partial charge on any atom is -0.460 e. The molecule has 0 amide bonds. The number of benzene rings is 1. The molecule has 0 bridgehead atoms. The Morgan fingerprint density at radius 3 is 2.73 bits per heavy atom. The van der Waals surface area contributed by atoms with Crippen LogP contribution in [0.3, 0.4) is 0 Å². The zero-order valence-corrected chi connectivity index (χ0v) is 12.7. The van der Waals surface area contributed by atoms with Crippen molar-refractivity contribution in [2.75, 3.05) is 13.2 Å². The van der Waals surface area contributed by atoms with Crippen molar-refractivity contribution in [1.29, 1.82) is 0 Å². The lowest BCUT2D eigenvalue weighted by molar-refractivity contribution is -0.148. The fourth-order valence-electron chi connectivity index (χ4n) is 3.00. The van der Waals surface area contributed by atoms with Crippen molar-refractivity contribution in [2.24, 2.45) is 5.92 Å². The van der Waals surface area contributed by atoms with Crippen LogP contribution in [0.1, 0.15) is 24.8 Å². The highest BCUT2D eigenvalue weighted by atomic mass is 16.5. The number of nitrogens with one attached hydrogen (secondary N) is 1. The van der Waals surface area contributed by atoms with Gasteiger partial charge in [0, 0.05) is 25.3 Å². The van der Waals surface area contributed by atoms with E-state index >= 15 is 0 Å². The normalized spacial score (nSPS) is 25.3. The lowest BCUT2D eigenvalue weighted by Gasteiger charge is -2.26. The predicted molar refractivity (Wildman–Crippen MR) is 84.2 cm³/mol. The van der Waals surface area contributed by atoms with Gasteiger partial charge < -0.3 is 14.8 Å². The molecular weight excluding hydrogens is 278 g/mol. The van der Waals surface area contributed by atoms with E-state index in [0.29, 0.717) is 12.6 Å². The molecule has 0 saturated carbocycles. The van der Waals surface area contributed by atoms with Crippen LogP contribution in [0, 0.1) is 5.92 Å². The van der Waals surface area contributed by atoms with Gasteiger partial charge in [-0.25, -0.2) is 0 Å². The van der Waals surface area contributed by atoms with Gasteiger partial charge in [-0.15, -0.1) is 0 Å². The van der Waals surface area contributed by atoms with Gasteiger partial charge in [-0.05, 0) is 24.8 Å². The summed E-state index contributed by atoms with van der Waals surface area (Å²) in [6.45, 7) is 2.01. The standard InChI is InChI=1S/C18H23NO3/c20-18(22-13-14-4-2-1-3-5-14)15-6-7-17(12-15)19-16-8-10-21-11-9-16/h1-7,15-17,19H,8-13H2/t15-,17?/m0/s1. The number of carbonyl (C=O) groups excluding carboxylic acids is 1. The van der Waals surface area contributed by atoms with Crippen LogP contribution in [-0.4, -0.2) is 31.3 Å². The molecule has 0 radical (unpaired) electrons. The van der Waals surface area contributed by atoms with Gasteiger partial charge in [0.2, 0.25) is 0 Å². The summed E-state index contributed by atoms with van der Waals surface area (Å²) < 4.78 is 10.8. The predicted octanol–water partition coefficient (Wildman–Crippen LogP) is 2.44. The van der Waals surface area contributed by atoms with Crippen LogP contribution in [0.25, 0.3) is 0 Å². The highest BCUT2D eigenvalue weighted by Crippen LogP contribution is 2.21. The molecule has 4 heteroatoms. The van der Waals surface area contributed by atoms with Crippen LogP contribution >= 0.6 is 0 Å². The quantitative estimate of drug-likeness (QED) is 0.670. The van der Waals surface area contributed by atoms with Gasteiger partial charge in [0.1, 0.15) is 6.61 Å². The van der Waals surface area contributed by atoms with E-state index in [-0.39, 0.29) is 17.9 Å². The summed E-state index contributed by atoms with van der Waals surface area (Å²) in [5.74, 6) is -0.252. The number of rotatable bonds is 5. The minimum atomic E-state index is -0.128. The van der Waals surface area contributed by atoms with E-state index < -0.39 is 0 Å². The fourth-order valence-corrected chi connectivity index (χ4v) is 3.00. The van der Waals surface area contributed by atoms with Crippen molar-refractivity contribution in [3.8, 4) is 0 Å². The van der Waals surface area contributed by atoms with E-state index in [2.05, 4.69) is 11.4 Å². The third kappa shape index (κ3) is 4.18. The SMILES string of the molecule is O=C(OCc1ccccc1)[C@H]1C=CC(NC2CCOCC2)C1. The summed E-state index contributed by atoms with van der Waals surface area (Å²) in [6, 6.07) is 10.6. The molecule has 1 aromatic carbocycles. The largest absolute Gasteiger partial charge is 0.460 e. The number of ether oxygens (including phenoxy) is 2. The van der Waals surface area contributed by atoms with Crippen molar-refractivity contribution >= 4 is 5.97 Å². The summed E-state index contributed by atoms with van der Waals surface area (Å²) in [5, 5.41) is 3.60. The highest BCUT2D eigenvalue weighted by molar-refractivity contribution is 5.75. The first-order chi connectivity index (χ1) is 10.8. The van der Waals surface area contributed by atoms with Crippen LogP contribution in [0.4, 0.5) is 0 Å². The third-order valence-electron chi connectivity index (χ3n) is 4.28. The van der Waals surface area contributed by atoms with Crippen LogP contribution in [0.15, 0.2) is 42.5 Å². The zero-order valence-electron chi connectivity index (χ0n) is 12.7. The molecule has 2 aliphatic rings. The maximum atomic E-state index is 12.1. The molecule has 2 atom stereocenters. The Labute approximate surface area is 131 Å². The van der Waals surface area contributed by atoms with E-state index in [1.54, 1.807) is 0 Å². The Balaban J connectivity index is 1.42. The lowest BCUT2D eigenvalue weighted by atomic mass is 10.0. The first kappa shape index (κ1) is 15.3. The maximum Gasteiger partial charge on any atom is 0.313 e. The molecule has 1 aliphatic heterocycles. The molecule has 1 unspecified atom stereocenters. The molecule has 0 spiro atoms. The topological polar surface area (TPSA) is 47.6 Å². The molecule has 4 nitrogen and oxygen atoms in total. The second-order valence-electron chi connectivity index (χ2n) is 5.98. The molecule has 0 aromatic heterocycles. The molecule has 1 fully saturated rings. The van der Waals surface area contributed by atoms with Crippen LogP contribution in [-0.2, 0) is 20.9 Å². The second-order valence-corrected chi connectivity index (χ2v) is 5.98. The molecule has 1 heterocycles. The lowest BCUT2D eigenvalue weighted by Crippen LogP contribution is -2.40.